The summed E-state index contributed by atoms with van der Waals surface area (Å²) in [5.74, 6) is -1.45. The van der Waals surface area contributed by atoms with Gasteiger partial charge in [0.1, 0.15) is 0 Å². The van der Waals surface area contributed by atoms with Crippen LogP contribution in [0.1, 0.15) is 30.0 Å². The number of nitrogens with zero attached hydrogens (tertiary/aromatic N) is 3. The number of nitrogens with two attached hydrogens (primary N) is 1. The minimum absolute atomic E-state index is 0.109. The summed E-state index contributed by atoms with van der Waals surface area (Å²) in [4.78, 5) is 42.5. The third-order valence-corrected chi connectivity index (χ3v) is 6.56. The van der Waals surface area contributed by atoms with Crippen molar-refractivity contribution < 1.29 is 14.4 Å². The van der Waals surface area contributed by atoms with Crippen LogP contribution in [0.2, 0.25) is 0 Å². The second-order valence-corrected chi connectivity index (χ2v) is 8.52. The van der Waals surface area contributed by atoms with Gasteiger partial charge < -0.3 is 15.5 Å². The van der Waals surface area contributed by atoms with Crippen LogP contribution in [0, 0.1) is 5.92 Å². The van der Waals surface area contributed by atoms with Gasteiger partial charge in [0, 0.05) is 45.2 Å². The zero-order valence-electron chi connectivity index (χ0n) is 18.2. The molecule has 2 N–H and O–H groups in total. The fourth-order valence-electron chi connectivity index (χ4n) is 4.71. The molecule has 4 rings (SSSR count). The van der Waals surface area contributed by atoms with Gasteiger partial charge >= 0.3 is 11.8 Å². The summed E-state index contributed by atoms with van der Waals surface area (Å²) < 4.78 is 0. The number of benzene rings is 2. The molecule has 0 aliphatic carbocycles. The zero-order chi connectivity index (χ0) is 22.5. The van der Waals surface area contributed by atoms with Crippen LogP contribution >= 0.6 is 0 Å². The third-order valence-electron chi connectivity index (χ3n) is 6.56. The third kappa shape index (κ3) is 4.83. The molecule has 2 saturated heterocycles. The monoisotopic (exact) mass is 434 g/mol. The number of amides is 3. The van der Waals surface area contributed by atoms with Crippen LogP contribution in [-0.4, -0.2) is 71.7 Å². The normalized spacial score (nSPS) is 18.0. The first-order valence-corrected chi connectivity index (χ1v) is 11.3. The van der Waals surface area contributed by atoms with Gasteiger partial charge in [0.05, 0.1) is 6.04 Å². The van der Waals surface area contributed by atoms with E-state index >= 15 is 0 Å². The number of piperazine rings is 1. The molecule has 3 amide bonds. The fourth-order valence-corrected chi connectivity index (χ4v) is 4.71. The maximum atomic E-state index is 12.9. The number of carbonyl (C=O) groups is 3. The summed E-state index contributed by atoms with van der Waals surface area (Å²) in [6.07, 6.45) is 1.05. The van der Waals surface area contributed by atoms with Crippen molar-refractivity contribution in [1.82, 2.24) is 14.7 Å². The van der Waals surface area contributed by atoms with E-state index in [9.17, 15) is 14.4 Å². The Kier molecular flexibility index (Phi) is 6.85. The molecule has 0 unspecified atom stereocenters. The summed E-state index contributed by atoms with van der Waals surface area (Å²) in [5.41, 5.74) is 7.79. The van der Waals surface area contributed by atoms with E-state index in [1.165, 1.54) is 11.1 Å². The average Bonchev–Trinajstić information content (AvgIpc) is 2.85. The van der Waals surface area contributed by atoms with Gasteiger partial charge in [-0.1, -0.05) is 60.7 Å². The number of likely N-dealkylation sites (tertiary alicyclic amines) is 1. The predicted octanol–water partition coefficient (Wildman–Crippen LogP) is 1.64. The lowest BCUT2D eigenvalue weighted by molar-refractivity contribution is -0.154. The summed E-state index contributed by atoms with van der Waals surface area (Å²) in [5, 5.41) is 0. The molecule has 0 atom stereocenters. The topological polar surface area (TPSA) is 86.9 Å². The SMILES string of the molecule is NC(=O)C1CCN(C(=O)C(=O)N2CCN(C(c3ccccc3)c3ccccc3)CC2)CC1. The molecule has 0 bridgehead atoms. The van der Waals surface area contributed by atoms with Gasteiger partial charge in [-0.15, -0.1) is 0 Å². The molecule has 2 aliphatic heterocycles. The molecule has 168 valence electrons. The van der Waals surface area contributed by atoms with E-state index in [0.29, 0.717) is 52.1 Å². The highest BCUT2D eigenvalue weighted by molar-refractivity contribution is 6.34. The van der Waals surface area contributed by atoms with Crippen molar-refractivity contribution >= 4 is 17.7 Å². The first kappa shape index (κ1) is 22.0. The molecule has 2 aromatic carbocycles. The summed E-state index contributed by atoms with van der Waals surface area (Å²) in [7, 11) is 0. The summed E-state index contributed by atoms with van der Waals surface area (Å²) in [6.45, 7) is 3.22. The van der Waals surface area contributed by atoms with Crippen LogP contribution in [0.25, 0.3) is 0 Å². The summed E-state index contributed by atoms with van der Waals surface area (Å²) >= 11 is 0. The van der Waals surface area contributed by atoms with Crippen molar-refractivity contribution in [2.24, 2.45) is 11.7 Å². The number of primary amides is 1. The Hall–Kier alpha value is -3.19. The Morgan fingerprint density at radius 2 is 1.12 bits per heavy atom. The van der Waals surface area contributed by atoms with Crippen LogP contribution in [0.4, 0.5) is 0 Å². The average molecular weight is 435 g/mol. The van der Waals surface area contributed by atoms with E-state index in [-0.39, 0.29) is 17.9 Å². The van der Waals surface area contributed by atoms with E-state index in [1.54, 1.807) is 9.80 Å². The number of hydrogen-bond donors (Lipinski definition) is 1. The van der Waals surface area contributed by atoms with Gasteiger partial charge in [-0.3, -0.25) is 19.3 Å². The minimum Gasteiger partial charge on any atom is -0.369 e. The quantitative estimate of drug-likeness (QED) is 0.742. The Bertz CT molecular complexity index is 895. The highest BCUT2D eigenvalue weighted by atomic mass is 16.2. The molecule has 32 heavy (non-hydrogen) atoms. The Balaban J connectivity index is 1.39. The number of carbonyl (C=O) groups excluding carboxylic acids is 3. The van der Waals surface area contributed by atoms with Crippen LogP contribution in [0.3, 0.4) is 0 Å². The van der Waals surface area contributed by atoms with Crippen molar-refractivity contribution in [3.63, 3.8) is 0 Å². The van der Waals surface area contributed by atoms with Crippen molar-refractivity contribution in [3.05, 3.63) is 71.8 Å². The molecule has 2 fully saturated rings. The largest absolute Gasteiger partial charge is 0.369 e. The zero-order valence-corrected chi connectivity index (χ0v) is 18.2. The standard InChI is InChI=1S/C25H30N4O3/c26-23(30)21-11-13-28(14-12-21)24(31)25(32)29-17-15-27(16-18-29)22(19-7-3-1-4-8-19)20-9-5-2-6-10-20/h1-10,21-22H,11-18H2,(H2,26,30). The summed E-state index contributed by atoms with van der Waals surface area (Å²) in [6, 6.07) is 20.9. The first-order chi connectivity index (χ1) is 15.5. The molecule has 7 nitrogen and oxygen atoms in total. The molecule has 2 aliphatic rings. The Morgan fingerprint density at radius 1 is 0.688 bits per heavy atom. The van der Waals surface area contributed by atoms with E-state index in [0.717, 1.165) is 0 Å². The van der Waals surface area contributed by atoms with E-state index in [2.05, 4.69) is 29.2 Å². The lowest BCUT2D eigenvalue weighted by Gasteiger charge is -2.40. The number of piperidine rings is 1. The lowest BCUT2D eigenvalue weighted by Crippen LogP contribution is -2.55. The number of hydrogen-bond acceptors (Lipinski definition) is 4. The Morgan fingerprint density at radius 3 is 1.56 bits per heavy atom. The lowest BCUT2D eigenvalue weighted by atomic mass is 9.96. The van der Waals surface area contributed by atoms with Crippen LogP contribution in [-0.2, 0) is 14.4 Å². The van der Waals surface area contributed by atoms with Crippen molar-refractivity contribution in [3.8, 4) is 0 Å². The molecular formula is C25H30N4O3. The fraction of sp³-hybridized carbons (Fsp3) is 0.400. The molecule has 2 heterocycles. The molecule has 0 aromatic heterocycles. The highest BCUT2D eigenvalue weighted by Crippen LogP contribution is 2.29. The van der Waals surface area contributed by atoms with Crippen LogP contribution in [0.15, 0.2) is 60.7 Å². The van der Waals surface area contributed by atoms with Gasteiger partial charge in [-0.25, -0.2) is 0 Å². The van der Waals surface area contributed by atoms with Crippen LogP contribution < -0.4 is 5.73 Å². The van der Waals surface area contributed by atoms with Crippen LogP contribution in [0.5, 0.6) is 0 Å². The van der Waals surface area contributed by atoms with Crippen molar-refractivity contribution in [2.75, 3.05) is 39.3 Å². The van der Waals surface area contributed by atoms with E-state index < -0.39 is 11.8 Å². The van der Waals surface area contributed by atoms with E-state index in [4.69, 9.17) is 5.73 Å². The van der Waals surface area contributed by atoms with Gasteiger partial charge in [-0.2, -0.15) is 0 Å². The smallest absolute Gasteiger partial charge is 0.312 e. The molecular weight excluding hydrogens is 404 g/mol. The minimum atomic E-state index is -0.468. The van der Waals surface area contributed by atoms with Gasteiger partial charge in [-0.05, 0) is 24.0 Å². The van der Waals surface area contributed by atoms with Gasteiger partial charge in [0.15, 0.2) is 0 Å². The van der Waals surface area contributed by atoms with Crippen molar-refractivity contribution in [1.29, 1.82) is 0 Å². The highest BCUT2D eigenvalue weighted by Gasteiger charge is 2.34. The molecule has 0 radical (unpaired) electrons. The second-order valence-electron chi connectivity index (χ2n) is 8.52. The van der Waals surface area contributed by atoms with Crippen molar-refractivity contribution in [2.45, 2.75) is 18.9 Å². The first-order valence-electron chi connectivity index (χ1n) is 11.3. The second kappa shape index (κ2) is 9.96. The molecule has 2 aromatic rings. The molecule has 0 spiro atoms. The van der Waals surface area contributed by atoms with E-state index in [1.807, 2.05) is 36.4 Å². The molecule has 0 saturated carbocycles. The number of rotatable bonds is 4. The maximum absolute atomic E-state index is 12.9. The molecule has 7 heteroatoms. The van der Waals surface area contributed by atoms with Gasteiger partial charge in [0.25, 0.3) is 0 Å². The predicted molar refractivity (Wildman–Crippen MR) is 121 cm³/mol. The van der Waals surface area contributed by atoms with Gasteiger partial charge in [0.2, 0.25) is 5.91 Å². The maximum Gasteiger partial charge on any atom is 0.312 e. The Labute approximate surface area is 188 Å².